The van der Waals surface area contributed by atoms with E-state index in [2.05, 4.69) is 37.6 Å². The van der Waals surface area contributed by atoms with E-state index in [9.17, 15) is 0 Å². The lowest BCUT2D eigenvalue weighted by atomic mass is 10.2. The molecule has 0 fully saturated rings. The summed E-state index contributed by atoms with van der Waals surface area (Å²) in [5.74, 6) is 1.19. The summed E-state index contributed by atoms with van der Waals surface area (Å²) in [6, 6.07) is 5.00. The zero-order valence-electron chi connectivity index (χ0n) is 9.17. The fourth-order valence-electron chi connectivity index (χ4n) is 1.30. The first-order chi connectivity index (χ1) is 6.77. The van der Waals surface area contributed by atoms with Crippen molar-refractivity contribution in [3.8, 4) is 0 Å². The fourth-order valence-corrected chi connectivity index (χ4v) is 2.60. The smallest absolute Gasteiger partial charge is 0.0386 e. The van der Waals surface area contributed by atoms with Crippen LogP contribution < -0.4 is 5.32 Å². The summed E-state index contributed by atoms with van der Waals surface area (Å²) >= 11 is 3.82. The molecule has 0 saturated carbocycles. The lowest BCUT2D eigenvalue weighted by Gasteiger charge is -2.10. The molecule has 0 aromatic carbocycles. The van der Waals surface area contributed by atoms with Crippen molar-refractivity contribution >= 4 is 23.1 Å². The van der Waals surface area contributed by atoms with Crippen LogP contribution in [-0.4, -0.2) is 18.6 Å². The third-order valence-corrected chi connectivity index (χ3v) is 4.24. The van der Waals surface area contributed by atoms with Gasteiger partial charge in [0, 0.05) is 28.1 Å². The number of rotatable bonds is 6. The maximum absolute atomic E-state index is 3.53. The molecule has 0 spiro atoms. The Labute approximate surface area is 95.3 Å². The normalized spacial score (nSPS) is 13.1. The van der Waals surface area contributed by atoms with Crippen LogP contribution in [0, 0.1) is 0 Å². The molecule has 1 aromatic heterocycles. The molecule has 0 bridgehead atoms. The van der Waals surface area contributed by atoms with Crippen LogP contribution in [0.1, 0.15) is 29.6 Å². The summed E-state index contributed by atoms with van der Waals surface area (Å²) in [6.07, 6.45) is 3.30. The van der Waals surface area contributed by atoms with Crippen molar-refractivity contribution in [3.63, 3.8) is 0 Å². The minimum atomic E-state index is 0.507. The fraction of sp³-hybridized carbons (Fsp3) is 0.636. The van der Waals surface area contributed by atoms with Crippen LogP contribution in [0.25, 0.3) is 0 Å². The molecule has 1 aromatic rings. The van der Waals surface area contributed by atoms with Gasteiger partial charge in [0.25, 0.3) is 0 Å². The summed E-state index contributed by atoms with van der Waals surface area (Å²) in [7, 11) is 0. The van der Waals surface area contributed by atoms with Crippen molar-refractivity contribution < 1.29 is 0 Å². The second-order valence-corrected chi connectivity index (χ2v) is 5.51. The second kappa shape index (κ2) is 6.49. The van der Waals surface area contributed by atoms with Gasteiger partial charge in [-0.2, -0.15) is 11.8 Å². The maximum atomic E-state index is 3.53. The average Bonchev–Trinajstić information content (AvgIpc) is 2.66. The minimum Gasteiger partial charge on any atom is -0.309 e. The van der Waals surface area contributed by atoms with Gasteiger partial charge >= 0.3 is 0 Å². The zero-order valence-corrected chi connectivity index (χ0v) is 10.8. The van der Waals surface area contributed by atoms with E-state index in [0.717, 1.165) is 13.0 Å². The first kappa shape index (κ1) is 12.1. The van der Waals surface area contributed by atoms with Crippen molar-refractivity contribution in [1.29, 1.82) is 0 Å². The van der Waals surface area contributed by atoms with Crippen LogP contribution in [0.2, 0.25) is 0 Å². The molecular weight excluding hydrogens is 210 g/mol. The van der Waals surface area contributed by atoms with E-state index >= 15 is 0 Å². The van der Waals surface area contributed by atoms with Crippen molar-refractivity contribution in [2.45, 2.75) is 26.3 Å². The van der Waals surface area contributed by atoms with Gasteiger partial charge in [0.15, 0.2) is 0 Å². The molecule has 3 heteroatoms. The standard InChI is InChI=1S/C11H19NS2/c1-4-10-5-6-11(14-10)9(2)12-7-8-13-3/h5-6,9,12H,4,7-8H2,1-3H3. The summed E-state index contributed by atoms with van der Waals surface area (Å²) in [5, 5.41) is 3.53. The number of thioether (sulfide) groups is 1. The molecule has 0 aliphatic heterocycles. The van der Waals surface area contributed by atoms with Crippen molar-refractivity contribution in [1.82, 2.24) is 5.32 Å². The average molecular weight is 229 g/mol. The van der Waals surface area contributed by atoms with Crippen molar-refractivity contribution in [2.75, 3.05) is 18.6 Å². The van der Waals surface area contributed by atoms with Crippen LogP contribution in [-0.2, 0) is 6.42 Å². The zero-order chi connectivity index (χ0) is 10.4. The monoisotopic (exact) mass is 229 g/mol. The quantitative estimate of drug-likeness (QED) is 0.751. The summed E-state index contributed by atoms with van der Waals surface area (Å²) < 4.78 is 0. The Morgan fingerprint density at radius 1 is 1.50 bits per heavy atom. The predicted molar refractivity (Wildman–Crippen MR) is 68.5 cm³/mol. The molecular formula is C11H19NS2. The predicted octanol–water partition coefficient (Wildman–Crippen LogP) is 3.32. The minimum absolute atomic E-state index is 0.507. The van der Waals surface area contributed by atoms with E-state index in [0.29, 0.717) is 6.04 Å². The van der Waals surface area contributed by atoms with Gasteiger partial charge in [0.1, 0.15) is 0 Å². The highest BCUT2D eigenvalue weighted by Gasteiger charge is 2.06. The Morgan fingerprint density at radius 2 is 2.29 bits per heavy atom. The Kier molecular flexibility index (Phi) is 5.60. The molecule has 1 unspecified atom stereocenters. The van der Waals surface area contributed by atoms with Crippen molar-refractivity contribution in [2.24, 2.45) is 0 Å². The van der Waals surface area contributed by atoms with Gasteiger partial charge < -0.3 is 5.32 Å². The molecule has 0 amide bonds. The first-order valence-electron chi connectivity index (χ1n) is 5.08. The molecule has 0 saturated heterocycles. The van der Waals surface area contributed by atoms with E-state index < -0.39 is 0 Å². The highest BCUT2D eigenvalue weighted by molar-refractivity contribution is 7.98. The van der Waals surface area contributed by atoms with E-state index in [-0.39, 0.29) is 0 Å². The molecule has 1 nitrogen and oxygen atoms in total. The summed E-state index contributed by atoms with van der Waals surface area (Å²) in [5.41, 5.74) is 0. The number of hydrogen-bond donors (Lipinski definition) is 1. The largest absolute Gasteiger partial charge is 0.309 e. The molecule has 80 valence electrons. The van der Waals surface area contributed by atoms with Gasteiger partial charge in [-0.05, 0) is 31.7 Å². The Bertz CT molecular complexity index is 258. The third-order valence-electron chi connectivity index (χ3n) is 2.21. The third kappa shape index (κ3) is 3.64. The van der Waals surface area contributed by atoms with Crippen LogP contribution in [0.5, 0.6) is 0 Å². The van der Waals surface area contributed by atoms with Crippen LogP contribution in [0.15, 0.2) is 12.1 Å². The lowest BCUT2D eigenvalue weighted by molar-refractivity contribution is 0.610. The highest BCUT2D eigenvalue weighted by atomic mass is 32.2. The number of aryl methyl sites for hydroxylation is 1. The molecule has 1 heterocycles. The summed E-state index contributed by atoms with van der Waals surface area (Å²) in [4.78, 5) is 2.95. The van der Waals surface area contributed by atoms with E-state index in [1.165, 1.54) is 15.5 Å². The second-order valence-electron chi connectivity index (χ2n) is 3.33. The Hall–Kier alpha value is 0.01000. The van der Waals surface area contributed by atoms with Gasteiger partial charge in [0.2, 0.25) is 0 Å². The van der Waals surface area contributed by atoms with Gasteiger partial charge in [-0.15, -0.1) is 11.3 Å². The highest BCUT2D eigenvalue weighted by Crippen LogP contribution is 2.23. The van der Waals surface area contributed by atoms with Gasteiger partial charge in [-0.1, -0.05) is 6.92 Å². The van der Waals surface area contributed by atoms with Crippen LogP contribution in [0.4, 0.5) is 0 Å². The molecule has 1 atom stereocenters. The van der Waals surface area contributed by atoms with Gasteiger partial charge in [-0.3, -0.25) is 0 Å². The maximum Gasteiger partial charge on any atom is 0.0386 e. The molecule has 1 rings (SSSR count). The van der Waals surface area contributed by atoms with Crippen molar-refractivity contribution in [3.05, 3.63) is 21.9 Å². The van der Waals surface area contributed by atoms with Crippen LogP contribution >= 0.6 is 23.1 Å². The van der Waals surface area contributed by atoms with E-state index in [1.54, 1.807) is 0 Å². The molecule has 0 aliphatic carbocycles. The SMILES string of the molecule is CCc1ccc(C(C)NCCSC)s1. The van der Waals surface area contributed by atoms with E-state index in [4.69, 9.17) is 0 Å². The number of hydrogen-bond acceptors (Lipinski definition) is 3. The Morgan fingerprint density at radius 3 is 2.86 bits per heavy atom. The number of thiophene rings is 1. The van der Waals surface area contributed by atoms with Gasteiger partial charge in [0.05, 0.1) is 0 Å². The lowest BCUT2D eigenvalue weighted by Crippen LogP contribution is -2.20. The van der Waals surface area contributed by atoms with E-state index in [1.807, 2.05) is 23.1 Å². The van der Waals surface area contributed by atoms with Crippen LogP contribution in [0.3, 0.4) is 0 Å². The topological polar surface area (TPSA) is 12.0 Å². The van der Waals surface area contributed by atoms with Gasteiger partial charge in [-0.25, -0.2) is 0 Å². The molecule has 0 aliphatic rings. The summed E-state index contributed by atoms with van der Waals surface area (Å²) in [6.45, 7) is 5.55. The molecule has 0 radical (unpaired) electrons. The number of nitrogens with one attached hydrogen (secondary N) is 1. The first-order valence-corrected chi connectivity index (χ1v) is 7.30. The Balaban J connectivity index is 2.39. The molecule has 1 N–H and O–H groups in total. The molecule has 14 heavy (non-hydrogen) atoms.